The van der Waals surface area contributed by atoms with Crippen molar-refractivity contribution in [2.24, 2.45) is 0 Å². The molecule has 0 unspecified atom stereocenters. The van der Waals surface area contributed by atoms with Gasteiger partial charge in [-0.3, -0.25) is 0 Å². The molecule has 1 aromatic heterocycles. The second kappa shape index (κ2) is 6.37. The van der Waals surface area contributed by atoms with Gasteiger partial charge in [0.2, 0.25) is 0 Å². The fourth-order valence-corrected chi connectivity index (χ4v) is 2.47. The molecule has 0 N–H and O–H groups in total. The number of aryl methyl sites for hydroxylation is 1. The first-order valence-corrected chi connectivity index (χ1v) is 6.81. The summed E-state index contributed by atoms with van der Waals surface area (Å²) in [6.07, 6.45) is 5.56. The number of imidazole rings is 1. The summed E-state index contributed by atoms with van der Waals surface area (Å²) in [4.78, 5) is 0. The van der Waals surface area contributed by atoms with Crippen LogP contribution in [0.5, 0.6) is 0 Å². The maximum absolute atomic E-state index is 11.9. The minimum Gasteiger partial charge on any atom is -1.00 e. The van der Waals surface area contributed by atoms with Gasteiger partial charge < -0.3 is 12.4 Å². The molecular formula is C10H20ClN3O2S. The van der Waals surface area contributed by atoms with Crippen LogP contribution in [0, 0.1) is 6.92 Å². The highest BCUT2D eigenvalue weighted by Gasteiger charge is 2.26. The minimum atomic E-state index is -3.38. The minimum absolute atomic E-state index is 0. The van der Waals surface area contributed by atoms with Gasteiger partial charge in [-0.15, -0.1) is 3.97 Å². The summed E-state index contributed by atoms with van der Waals surface area (Å²) < 4.78 is 28.3. The number of halogens is 1. The quantitative estimate of drug-likeness (QED) is 0.562. The molecule has 0 spiro atoms. The molecule has 0 saturated heterocycles. The molecule has 0 saturated carbocycles. The Labute approximate surface area is 110 Å². The van der Waals surface area contributed by atoms with Crippen LogP contribution in [0.4, 0.5) is 0 Å². The highest BCUT2D eigenvalue weighted by molar-refractivity contribution is 7.87. The first-order valence-electron chi connectivity index (χ1n) is 5.41. The van der Waals surface area contributed by atoms with E-state index in [0.29, 0.717) is 0 Å². The zero-order valence-electron chi connectivity index (χ0n) is 10.7. The van der Waals surface area contributed by atoms with Crippen LogP contribution in [0.15, 0.2) is 12.4 Å². The number of rotatable bonds is 5. The molecular weight excluding hydrogens is 262 g/mol. The van der Waals surface area contributed by atoms with Gasteiger partial charge in [-0.05, 0) is 6.42 Å². The molecule has 7 heteroatoms. The summed E-state index contributed by atoms with van der Waals surface area (Å²) >= 11 is 0. The molecule has 1 heterocycles. The molecule has 1 aromatic rings. The van der Waals surface area contributed by atoms with Gasteiger partial charge in [0.05, 0.1) is 6.54 Å². The van der Waals surface area contributed by atoms with E-state index in [0.717, 1.165) is 25.2 Å². The van der Waals surface area contributed by atoms with Crippen molar-refractivity contribution in [1.82, 2.24) is 8.28 Å². The Hall–Kier alpha value is -0.590. The van der Waals surface area contributed by atoms with Gasteiger partial charge in [0.15, 0.2) is 0 Å². The van der Waals surface area contributed by atoms with Crippen LogP contribution in [0.2, 0.25) is 0 Å². The summed E-state index contributed by atoms with van der Waals surface area (Å²) in [5.41, 5.74) is 0. The van der Waals surface area contributed by atoms with Gasteiger partial charge in [0.25, 0.3) is 5.82 Å². The predicted octanol–water partition coefficient (Wildman–Crippen LogP) is -2.46. The maximum atomic E-state index is 11.9. The predicted molar refractivity (Wildman–Crippen MR) is 62.3 cm³/mol. The average molecular weight is 282 g/mol. The monoisotopic (exact) mass is 281 g/mol. The molecule has 0 aromatic carbocycles. The van der Waals surface area contributed by atoms with E-state index in [1.54, 1.807) is 6.20 Å². The third-order valence-corrected chi connectivity index (χ3v) is 4.39. The van der Waals surface area contributed by atoms with Crippen molar-refractivity contribution in [3.05, 3.63) is 18.2 Å². The van der Waals surface area contributed by atoms with Crippen molar-refractivity contribution >= 4 is 10.2 Å². The molecule has 0 fully saturated rings. The van der Waals surface area contributed by atoms with Gasteiger partial charge in [0, 0.05) is 21.0 Å². The smallest absolute Gasteiger partial charge is 0.379 e. The zero-order valence-corrected chi connectivity index (χ0v) is 12.3. The number of hydrogen-bond acceptors (Lipinski definition) is 2. The van der Waals surface area contributed by atoms with Crippen molar-refractivity contribution in [3.8, 4) is 0 Å². The van der Waals surface area contributed by atoms with Gasteiger partial charge in [-0.25, -0.2) is 4.57 Å². The topological polar surface area (TPSA) is 46.2 Å². The number of unbranched alkanes of at least 4 members (excludes halogenated alkanes) is 1. The van der Waals surface area contributed by atoms with Crippen molar-refractivity contribution in [3.63, 3.8) is 0 Å². The molecule has 0 radical (unpaired) electrons. The molecule has 0 amide bonds. The van der Waals surface area contributed by atoms with E-state index in [1.807, 2.05) is 17.7 Å². The standard InChI is InChI=1S/C10H20N3O2S.ClH/c1-5-6-7-12-8-9-13(10(12)2)16(14,15)11(3)4;/h8-9H,5-7H2,1-4H3;1H/q+1;/p-1. The van der Waals surface area contributed by atoms with Crippen molar-refractivity contribution in [1.29, 1.82) is 0 Å². The van der Waals surface area contributed by atoms with E-state index in [1.165, 1.54) is 22.4 Å². The lowest BCUT2D eigenvalue weighted by Gasteiger charge is -2.07. The lowest BCUT2D eigenvalue weighted by molar-refractivity contribution is -0.702. The molecule has 17 heavy (non-hydrogen) atoms. The third-order valence-electron chi connectivity index (χ3n) is 2.58. The summed E-state index contributed by atoms with van der Waals surface area (Å²) in [5.74, 6) is 0.738. The number of nitrogens with zero attached hydrogens (tertiary/aromatic N) is 3. The van der Waals surface area contributed by atoms with E-state index in [2.05, 4.69) is 6.92 Å². The van der Waals surface area contributed by atoms with Crippen LogP contribution < -0.4 is 17.0 Å². The van der Waals surface area contributed by atoms with Crippen LogP contribution >= 0.6 is 0 Å². The number of aromatic nitrogens is 2. The molecule has 0 aliphatic rings. The van der Waals surface area contributed by atoms with Crippen molar-refractivity contribution in [2.45, 2.75) is 33.2 Å². The van der Waals surface area contributed by atoms with E-state index in [4.69, 9.17) is 0 Å². The van der Waals surface area contributed by atoms with Gasteiger partial charge >= 0.3 is 10.2 Å². The van der Waals surface area contributed by atoms with Gasteiger partial charge in [0.1, 0.15) is 12.4 Å². The van der Waals surface area contributed by atoms with Gasteiger partial charge in [-0.1, -0.05) is 13.3 Å². The van der Waals surface area contributed by atoms with Crippen LogP contribution in [0.1, 0.15) is 25.6 Å². The molecule has 100 valence electrons. The molecule has 5 nitrogen and oxygen atoms in total. The molecule has 0 bridgehead atoms. The Balaban J connectivity index is 0.00000256. The summed E-state index contributed by atoms with van der Waals surface area (Å²) in [6, 6.07) is 0. The first-order chi connectivity index (χ1) is 7.41. The zero-order chi connectivity index (χ0) is 12.3. The number of hydrogen-bond donors (Lipinski definition) is 0. The Morgan fingerprint density at radius 1 is 1.41 bits per heavy atom. The second-order valence-corrected chi connectivity index (χ2v) is 6.00. The SMILES string of the molecule is CCCC[n+]1ccn(S(=O)(=O)N(C)C)c1C.[Cl-]. The van der Waals surface area contributed by atoms with Crippen LogP contribution in [-0.4, -0.2) is 30.8 Å². The molecule has 1 rings (SSSR count). The normalized spacial score (nSPS) is 11.6. The van der Waals surface area contributed by atoms with E-state index >= 15 is 0 Å². The van der Waals surface area contributed by atoms with Crippen LogP contribution in [-0.2, 0) is 16.8 Å². The highest BCUT2D eigenvalue weighted by Crippen LogP contribution is 2.04. The first kappa shape index (κ1) is 16.4. The van der Waals surface area contributed by atoms with Crippen LogP contribution in [0.3, 0.4) is 0 Å². The average Bonchev–Trinajstić information content (AvgIpc) is 2.57. The lowest BCUT2D eigenvalue weighted by atomic mass is 10.3. The van der Waals surface area contributed by atoms with Crippen molar-refractivity contribution in [2.75, 3.05) is 14.1 Å². The van der Waals surface area contributed by atoms with E-state index < -0.39 is 10.2 Å². The fourth-order valence-electron chi connectivity index (χ4n) is 1.47. The molecule has 0 aliphatic heterocycles. The lowest BCUT2D eigenvalue weighted by Crippen LogP contribution is -3.00. The Morgan fingerprint density at radius 2 is 2.00 bits per heavy atom. The summed E-state index contributed by atoms with van der Waals surface area (Å²) in [7, 11) is -0.317. The van der Waals surface area contributed by atoms with Crippen molar-refractivity contribution < 1.29 is 25.4 Å². The summed E-state index contributed by atoms with van der Waals surface area (Å²) in [5, 5.41) is 0. The van der Waals surface area contributed by atoms with E-state index in [9.17, 15) is 8.42 Å². The fraction of sp³-hybridized carbons (Fsp3) is 0.700. The molecule has 0 aliphatic carbocycles. The molecule has 0 atom stereocenters. The second-order valence-electron chi connectivity index (χ2n) is 3.98. The van der Waals surface area contributed by atoms with Crippen LogP contribution in [0.25, 0.3) is 0 Å². The highest BCUT2D eigenvalue weighted by atomic mass is 35.5. The Kier molecular flexibility index (Phi) is 6.15. The third kappa shape index (κ3) is 3.43. The van der Waals surface area contributed by atoms with Gasteiger partial charge in [-0.2, -0.15) is 12.7 Å². The Bertz CT molecular complexity index is 454. The maximum Gasteiger partial charge on any atom is 0.379 e. The Morgan fingerprint density at radius 3 is 2.47 bits per heavy atom. The van der Waals surface area contributed by atoms with E-state index in [-0.39, 0.29) is 12.4 Å². The largest absolute Gasteiger partial charge is 1.00 e. The summed E-state index contributed by atoms with van der Waals surface area (Å²) in [6.45, 7) is 4.79.